The number of carbonyl (C=O) groups is 1. The summed E-state index contributed by atoms with van der Waals surface area (Å²) in [4.78, 5) is 9.90. The van der Waals surface area contributed by atoms with Crippen LogP contribution in [0, 0.1) is 0 Å². The van der Waals surface area contributed by atoms with E-state index < -0.39 is 0 Å². The summed E-state index contributed by atoms with van der Waals surface area (Å²) in [5.41, 5.74) is 0. The van der Waals surface area contributed by atoms with Crippen molar-refractivity contribution in [1.29, 1.82) is 0 Å². The number of hydrogen-bond donors (Lipinski definition) is 1. The lowest BCUT2D eigenvalue weighted by Gasteiger charge is -2.19. The standard InChI is InChI=1S/C5H8N2O2/c8-5-7(9)6-3-1-2-4-6/h1-2,5,9H,3-4H2. The summed E-state index contributed by atoms with van der Waals surface area (Å²) in [6.45, 7) is 1.21. The van der Waals surface area contributed by atoms with E-state index in [-0.39, 0.29) is 0 Å². The van der Waals surface area contributed by atoms with Gasteiger partial charge < -0.3 is 0 Å². The third kappa shape index (κ3) is 1.28. The molecule has 0 bridgehead atoms. The second kappa shape index (κ2) is 2.61. The predicted molar refractivity (Wildman–Crippen MR) is 30.4 cm³/mol. The van der Waals surface area contributed by atoms with Gasteiger partial charge in [-0.1, -0.05) is 12.2 Å². The molecule has 0 aromatic carbocycles. The third-order valence-electron chi connectivity index (χ3n) is 1.18. The maximum absolute atomic E-state index is 9.90. The first kappa shape index (κ1) is 6.25. The van der Waals surface area contributed by atoms with Crippen LogP contribution in [0.25, 0.3) is 0 Å². The smallest absolute Gasteiger partial charge is 0.249 e. The highest BCUT2D eigenvalue weighted by atomic mass is 16.6. The molecule has 1 heterocycles. The molecule has 0 fully saturated rings. The topological polar surface area (TPSA) is 43.8 Å². The Morgan fingerprint density at radius 1 is 1.56 bits per heavy atom. The molecule has 0 atom stereocenters. The number of amides is 1. The Hall–Kier alpha value is -0.870. The van der Waals surface area contributed by atoms with Crippen molar-refractivity contribution in [2.24, 2.45) is 0 Å². The summed E-state index contributed by atoms with van der Waals surface area (Å²) in [6, 6.07) is 0. The van der Waals surface area contributed by atoms with E-state index in [1.807, 2.05) is 12.2 Å². The highest BCUT2D eigenvalue weighted by Gasteiger charge is 2.10. The molecular weight excluding hydrogens is 120 g/mol. The fourth-order valence-electron chi connectivity index (χ4n) is 0.701. The number of nitrogens with zero attached hydrogens (tertiary/aromatic N) is 2. The molecule has 1 aliphatic rings. The Kier molecular flexibility index (Phi) is 1.81. The second-order valence-corrected chi connectivity index (χ2v) is 1.77. The molecular formula is C5H8N2O2. The van der Waals surface area contributed by atoms with Crippen molar-refractivity contribution in [3.8, 4) is 0 Å². The van der Waals surface area contributed by atoms with E-state index in [2.05, 4.69) is 0 Å². The van der Waals surface area contributed by atoms with Gasteiger partial charge in [0.15, 0.2) is 0 Å². The maximum Gasteiger partial charge on any atom is 0.249 e. The van der Waals surface area contributed by atoms with Gasteiger partial charge in [0.2, 0.25) is 6.41 Å². The molecule has 0 spiro atoms. The van der Waals surface area contributed by atoms with Crippen LogP contribution in [0.15, 0.2) is 12.2 Å². The van der Waals surface area contributed by atoms with Crippen LogP contribution in [0.4, 0.5) is 0 Å². The second-order valence-electron chi connectivity index (χ2n) is 1.77. The zero-order chi connectivity index (χ0) is 6.69. The lowest BCUT2D eigenvalue weighted by Crippen LogP contribution is -2.37. The van der Waals surface area contributed by atoms with Gasteiger partial charge in [-0.3, -0.25) is 10.0 Å². The zero-order valence-electron chi connectivity index (χ0n) is 4.90. The number of hydrazine groups is 1. The summed E-state index contributed by atoms with van der Waals surface area (Å²) in [5, 5.41) is 10.8. The van der Waals surface area contributed by atoms with Crippen molar-refractivity contribution in [1.82, 2.24) is 10.2 Å². The molecule has 0 radical (unpaired) electrons. The zero-order valence-corrected chi connectivity index (χ0v) is 4.90. The summed E-state index contributed by atoms with van der Waals surface area (Å²) >= 11 is 0. The van der Waals surface area contributed by atoms with Crippen molar-refractivity contribution >= 4 is 6.41 Å². The number of hydroxylamine groups is 1. The van der Waals surface area contributed by atoms with E-state index in [4.69, 9.17) is 5.21 Å². The van der Waals surface area contributed by atoms with Crippen LogP contribution in [-0.2, 0) is 4.79 Å². The fourth-order valence-corrected chi connectivity index (χ4v) is 0.701. The van der Waals surface area contributed by atoms with Gasteiger partial charge in [-0.15, -0.1) is 0 Å². The van der Waals surface area contributed by atoms with E-state index in [0.717, 1.165) is 0 Å². The highest BCUT2D eigenvalue weighted by molar-refractivity contribution is 5.44. The first-order valence-corrected chi connectivity index (χ1v) is 2.68. The first-order chi connectivity index (χ1) is 4.34. The van der Waals surface area contributed by atoms with E-state index >= 15 is 0 Å². The largest absolute Gasteiger partial charge is 0.275 e. The van der Waals surface area contributed by atoms with E-state index in [1.165, 1.54) is 5.01 Å². The Bertz CT molecular complexity index is 127. The molecule has 1 amide bonds. The van der Waals surface area contributed by atoms with E-state index in [9.17, 15) is 4.79 Å². The minimum atomic E-state index is 0.368. The lowest BCUT2D eigenvalue weighted by atomic mass is 10.6. The number of rotatable bonds is 2. The summed E-state index contributed by atoms with van der Waals surface area (Å²) in [7, 11) is 0. The maximum atomic E-state index is 9.90. The van der Waals surface area contributed by atoms with Gasteiger partial charge in [0, 0.05) is 13.1 Å². The van der Waals surface area contributed by atoms with Gasteiger partial charge in [-0.25, -0.2) is 0 Å². The average Bonchev–Trinajstić information content (AvgIpc) is 2.37. The molecule has 0 saturated carbocycles. The Balaban J connectivity index is 2.35. The van der Waals surface area contributed by atoms with Gasteiger partial charge >= 0.3 is 0 Å². The van der Waals surface area contributed by atoms with Crippen molar-refractivity contribution in [3.63, 3.8) is 0 Å². The number of carbonyl (C=O) groups excluding carboxylic acids is 1. The van der Waals surface area contributed by atoms with Crippen molar-refractivity contribution in [2.75, 3.05) is 13.1 Å². The van der Waals surface area contributed by atoms with Gasteiger partial charge in [0.25, 0.3) is 0 Å². The van der Waals surface area contributed by atoms with Crippen molar-refractivity contribution < 1.29 is 10.0 Å². The first-order valence-electron chi connectivity index (χ1n) is 2.68. The molecule has 0 aromatic heterocycles. The molecule has 9 heavy (non-hydrogen) atoms. The summed E-state index contributed by atoms with van der Waals surface area (Å²) in [5.74, 6) is 0. The van der Waals surface area contributed by atoms with Crippen LogP contribution in [0.2, 0.25) is 0 Å². The van der Waals surface area contributed by atoms with Crippen molar-refractivity contribution in [2.45, 2.75) is 0 Å². The van der Waals surface area contributed by atoms with E-state index in [1.54, 1.807) is 0 Å². The molecule has 4 nitrogen and oxygen atoms in total. The van der Waals surface area contributed by atoms with Gasteiger partial charge in [-0.05, 0) is 0 Å². The van der Waals surface area contributed by atoms with Crippen LogP contribution in [0.5, 0.6) is 0 Å². The molecule has 1 N–H and O–H groups in total. The van der Waals surface area contributed by atoms with Crippen LogP contribution in [-0.4, -0.2) is 34.9 Å². The Labute approximate surface area is 52.9 Å². The quantitative estimate of drug-likeness (QED) is 0.238. The fraction of sp³-hybridized carbons (Fsp3) is 0.400. The Morgan fingerprint density at radius 2 is 2.11 bits per heavy atom. The number of hydrogen-bond acceptors (Lipinski definition) is 3. The normalized spacial score (nSPS) is 18.3. The SMILES string of the molecule is O=CN(O)N1CC=CC1. The van der Waals surface area contributed by atoms with E-state index in [0.29, 0.717) is 24.7 Å². The van der Waals surface area contributed by atoms with Crippen LogP contribution in [0.1, 0.15) is 0 Å². The minimum absolute atomic E-state index is 0.368. The van der Waals surface area contributed by atoms with Gasteiger partial charge in [-0.2, -0.15) is 10.2 Å². The monoisotopic (exact) mass is 128 g/mol. The minimum Gasteiger partial charge on any atom is -0.275 e. The van der Waals surface area contributed by atoms with Gasteiger partial charge in [0.1, 0.15) is 0 Å². The van der Waals surface area contributed by atoms with Crippen LogP contribution in [0.3, 0.4) is 0 Å². The summed E-state index contributed by atoms with van der Waals surface area (Å²) in [6.07, 6.45) is 4.13. The van der Waals surface area contributed by atoms with Gasteiger partial charge in [0.05, 0.1) is 0 Å². The van der Waals surface area contributed by atoms with Crippen LogP contribution >= 0.6 is 0 Å². The molecule has 0 aliphatic carbocycles. The highest BCUT2D eigenvalue weighted by Crippen LogP contribution is 1.98. The molecule has 4 heteroatoms. The molecule has 50 valence electrons. The molecule has 0 saturated heterocycles. The molecule has 1 rings (SSSR count). The lowest BCUT2D eigenvalue weighted by molar-refractivity contribution is -0.217. The van der Waals surface area contributed by atoms with Crippen molar-refractivity contribution in [3.05, 3.63) is 12.2 Å². The third-order valence-corrected chi connectivity index (χ3v) is 1.18. The molecule has 1 aliphatic heterocycles. The molecule has 0 aromatic rings. The molecule has 0 unspecified atom stereocenters. The Morgan fingerprint density at radius 3 is 2.56 bits per heavy atom. The van der Waals surface area contributed by atoms with Crippen LogP contribution < -0.4 is 0 Å². The summed E-state index contributed by atoms with van der Waals surface area (Å²) < 4.78 is 0. The predicted octanol–water partition coefficient (Wildman–Crippen LogP) is -0.379. The average molecular weight is 128 g/mol.